The molecule has 0 aromatic heterocycles. The molecule has 0 amide bonds. The topological polar surface area (TPSA) is 0 Å². The molecule has 0 bridgehead atoms. The molecule has 1 aromatic carbocycles. The van der Waals surface area contributed by atoms with Crippen LogP contribution in [0.1, 0.15) is 70.3 Å². The molecule has 0 nitrogen and oxygen atoms in total. The Morgan fingerprint density at radius 1 is 0.900 bits per heavy atom. The highest BCUT2D eigenvalue weighted by atomic mass is 14.1. The lowest BCUT2D eigenvalue weighted by molar-refractivity contribution is 0.568. The maximum Gasteiger partial charge on any atom is 0.00134 e. The first-order valence-electron chi connectivity index (χ1n) is 8.38. The van der Waals surface area contributed by atoms with Crippen molar-refractivity contribution < 1.29 is 0 Å². The molecule has 0 N–H and O–H groups in total. The Hall–Kier alpha value is -1.04. The lowest BCUT2D eigenvalue weighted by Crippen LogP contribution is -1.98. The average Bonchev–Trinajstić information content (AvgIpc) is 2.49. The number of unbranched alkanes of at least 4 members (excludes halogenated alkanes) is 7. The summed E-state index contributed by atoms with van der Waals surface area (Å²) in [5.74, 6) is 1.49. The molecule has 0 aliphatic rings. The minimum atomic E-state index is 1.07. The summed E-state index contributed by atoms with van der Waals surface area (Å²) in [6, 6.07) is 10.7. The van der Waals surface area contributed by atoms with Crippen LogP contribution >= 0.6 is 0 Å². The maximum atomic E-state index is 3.97. The van der Waals surface area contributed by atoms with Crippen molar-refractivity contribution in [1.82, 2.24) is 0 Å². The minimum absolute atomic E-state index is 1.07. The number of hydrogen-bond acceptors (Lipinski definition) is 0. The SMILES string of the molecule is C=C[C](CCCCCCCCCC)Cc1ccccc1. The summed E-state index contributed by atoms with van der Waals surface area (Å²) < 4.78 is 0. The van der Waals surface area contributed by atoms with E-state index in [1.165, 1.54) is 69.3 Å². The fraction of sp³-hybridized carbons (Fsp3) is 0.550. The normalized spacial score (nSPS) is 10.9. The maximum absolute atomic E-state index is 3.97. The number of hydrogen-bond donors (Lipinski definition) is 0. The van der Waals surface area contributed by atoms with E-state index < -0.39 is 0 Å². The predicted molar refractivity (Wildman–Crippen MR) is 90.8 cm³/mol. The van der Waals surface area contributed by atoms with Gasteiger partial charge in [0.1, 0.15) is 0 Å². The molecule has 0 heterocycles. The summed E-state index contributed by atoms with van der Waals surface area (Å²) >= 11 is 0. The van der Waals surface area contributed by atoms with E-state index in [2.05, 4.69) is 49.9 Å². The van der Waals surface area contributed by atoms with Crippen molar-refractivity contribution in [2.24, 2.45) is 0 Å². The second kappa shape index (κ2) is 11.8. The van der Waals surface area contributed by atoms with Crippen molar-refractivity contribution in [2.75, 3.05) is 0 Å². The van der Waals surface area contributed by atoms with Crippen LogP contribution in [0.5, 0.6) is 0 Å². The zero-order chi connectivity index (χ0) is 14.5. The summed E-state index contributed by atoms with van der Waals surface area (Å²) in [5, 5.41) is 0. The standard InChI is InChI=1S/C20H31/c1-3-5-6-7-8-9-10-12-15-19(4-2)18-20-16-13-11-14-17-20/h4,11,13-14,16-17H,2-3,5-10,12,15,18H2,1H3. The molecule has 0 aliphatic carbocycles. The Labute approximate surface area is 126 Å². The Bertz CT molecular complexity index is 325. The zero-order valence-corrected chi connectivity index (χ0v) is 13.2. The van der Waals surface area contributed by atoms with Gasteiger partial charge in [-0.2, -0.15) is 0 Å². The van der Waals surface area contributed by atoms with Gasteiger partial charge in [-0.1, -0.05) is 94.7 Å². The number of rotatable bonds is 12. The van der Waals surface area contributed by atoms with Gasteiger partial charge in [0.2, 0.25) is 0 Å². The van der Waals surface area contributed by atoms with E-state index in [9.17, 15) is 0 Å². The molecule has 0 fully saturated rings. The number of benzene rings is 1. The molecule has 1 aromatic rings. The third-order valence-electron chi connectivity index (χ3n) is 3.91. The first-order chi connectivity index (χ1) is 9.86. The molecule has 0 aliphatic heterocycles. The molecular formula is C20H31. The van der Waals surface area contributed by atoms with Crippen LogP contribution in [0.25, 0.3) is 0 Å². The van der Waals surface area contributed by atoms with Crippen molar-refractivity contribution in [3.8, 4) is 0 Å². The summed E-state index contributed by atoms with van der Waals surface area (Å²) in [5.41, 5.74) is 1.40. The second-order valence-electron chi connectivity index (χ2n) is 5.75. The molecule has 20 heavy (non-hydrogen) atoms. The van der Waals surface area contributed by atoms with Crippen LogP contribution in [0.3, 0.4) is 0 Å². The van der Waals surface area contributed by atoms with E-state index in [1.54, 1.807) is 0 Å². The molecule has 111 valence electrons. The van der Waals surface area contributed by atoms with E-state index in [1.807, 2.05) is 0 Å². The van der Waals surface area contributed by atoms with Gasteiger partial charge in [-0.3, -0.25) is 0 Å². The number of allylic oxidation sites excluding steroid dienone is 1. The quantitative estimate of drug-likeness (QED) is 0.380. The summed E-state index contributed by atoms with van der Waals surface area (Å²) in [6.45, 7) is 6.25. The van der Waals surface area contributed by atoms with E-state index in [0.29, 0.717) is 0 Å². The smallest absolute Gasteiger partial charge is 0.00134 e. The highest BCUT2D eigenvalue weighted by Crippen LogP contribution is 2.19. The van der Waals surface area contributed by atoms with Gasteiger partial charge >= 0.3 is 0 Å². The Kier molecular flexibility index (Phi) is 10.0. The highest BCUT2D eigenvalue weighted by molar-refractivity contribution is 5.22. The molecule has 0 unspecified atom stereocenters. The van der Waals surface area contributed by atoms with Crippen LogP contribution in [-0.2, 0) is 6.42 Å². The van der Waals surface area contributed by atoms with Crippen LogP contribution in [0, 0.1) is 5.92 Å². The van der Waals surface area contributed by atoms with Gasteiger partial charge in [-0.15, -0.1) is 6.58 Å². The average molecular weight is 271 g/mol. The van der Waals surface area contributed by atoms with E-state index in [4.69, 9.17) is 0 Å². The lowest BCUT2D eigenvalue weighted by atomic mass is 9.93. The van der Waals surface area contributed by atoms with E-state index in [-0.39, 0.29) is 0 Å². The monoisotopic (exact) mass is 271 g/mol. The minimum Gasteiger partial charge on any atom is -0.102 e. The molecule has 0 spiro atoms. The van der Waals surface area contributed by atoms with Crippen molar-refractivity contribution in [1.29, 1.82) is 0 Å². The highest BCUT2D eigenvalue weighted by Gasteiger charge is 2.05. The van der Waals surface area contributed by atoms with Crippen molar-refractivity contribution in [3.05, 3.63) is 54.5 Å². The van der Waals surface area contributed by atoms with Gasteiger partial charge in [0.15, 0.2) is 0 Å². The fourth-order valence-electron chi connectivity index (χ4n) is 2.61. The van der Waals surface area contributed by atoms with Gasteiger partial charge in [0.25, 0.3) is 0 Å². The first kappa shape index (κ1) is 17.0. The molecule has 1 rings (SSSR count). The van der Waals surface area contributed by atoms with Crippen LogP contribution in [0.15, 0.2) is 43.0 Å². The van der Waals surface area contributed by atoms with Crippen LogP contribution in [0.4, 0.5) is 0 Å². The van der Waals surface area contributed by atoms with Crippen LogP contribution in [-0.4, -0.2) is 0 Å². The molecule has 0 heteroatoms. The van der Waals surface area contributed by atoms with E-state index in [0.717, 1.165) is 6.42 Å². The van der Waals surface area contributed by atoms with Gasteiger partial charge in [-0.05, 0) is 18.4 Å². The fourth-order valence-corrected chi connectivity index (χ4v) is 2.61. The molecule has 0 saturated heterocycles. The predicted octanol–water partition coefficient (Wildman–Crippen LogP) is 6.52. The van der Waals surface area contributed by atoms with Gasteiger partial charge in [-0.25, -0.2) is 0 Å². The molecular weight excluding hydrogens is 240 g/mol. The molecule has 1 radical (unpaired) electrons. The molecule has 0 atom stereocenters. The van der Waals surface area contributed by atoms with Crippen molar-refractivity contribution in [2.45, 2.75) is 71.1 Å². The Morgan fingerprint density at radius 2 is 1.50 bits per heavy atom. The zero-order valence-electron chi connectivity index (χ0n) is 13.2. The largest absolute Gasteiger partial charge is 0.102 e. The van der Waals surface area contributed by atoms with E-state index >= 15 is 0 Å². The Balaban J connectivity index is 2.05. The molecule has 0 saturated carbocycles. The summed E-state index contributed by atoms with van der Waals surface area (Å²) in [4.78, 5) is 0. The third kappa shape index (κ3) is 8.19. The van der Waals surface area contributed by atoms with Crippen LogP contribution < -0.4 is 0 Å². The van der Waals surface area contributed by atoms with Crippen molar-refractivity contribution in [3.63, 3.8) is 0 Å². The van der Waals surface area contributed by atoms with Crippen LogP contribution in [0.2, 0.25) is 0 Å². The van der Waals surface area contributed by atoms with Gasteiger partial charge < -0.3 is 0 Å². The summed E-state index contributed by atoms with van der Waals surface area (Å²) in [6.07, 6.45) is 15.5. The first-order valence-corrected chi connectivity index (χ1v) is 8.38. The summed E-state index contributed by atoms with van der Waals surface area (Å²) in [7, 11) is 0. The van der Waals surface area contributed by atoms with Crippen molar-refractivity contribution >= 4 is 0 Å². The third-order valence-corrected chi connectivity index (χ3v) is 3.91. The Morgan fingerprint density at radius 3 is 2.10 bits per heavy atom. The second-order valence-corrected chi connectivity index (χ2v) is 5.75. The van der Waals surface area contributed by atoms with Gasteiger partial charge in [0, 0.05) is 5.92 Å². The lowest BCUT2D eigenvalue weighted by Gasteiger charge is -2.11. The van der Waals surface area contributed by atoms with Gasteiger partial charge in [0.05, 0.1) is 0 Å².